The smallest absolute Gasteiger partial charge is 0.229 e. The number of aliphatic hydroxyl groups excluding tert-OH is 7. The summed E-state index contributed by atoms with van der Waals surface area (Å²) in [6.07, 6.45) is -9.26. The van der Waals surface area contributed by atoms with Crippen molar-refractivity contribution < 1.29 is 54.7 Å². The van der Waals surface area contributed by atoms with Gasteiger partial charge in [0, 0.05) is 47.0 Å². The van der Waals surface area contributed by atoms with Crippen molar-refractivity contribution in [2.75, 3.05) is 13.2 Å². The maximum atomic E-state index is 11.0. The SMILES string of the molecule is OC[C@H]1O[C@@H](O[C@H]2[C@H](O)[C@@H](O)[C@H](Oc3cc(C#Cc4ccncc4)cc(C#Cc4ccncc4)c3)O[C@@H]2CO)[C@H](O)[C@@H](O)[C@H]1O. The van der Waals surface area contributed by atoms with E-state index >= 15 is 0 Å². The Bertz CT molecular complexity index is 1460. The standard InChI is InChI=1S/C32H32N2O11/c35-16-23-25(37)26(38)28(40)32(43-23)45-30-24(17-36)44-31(29(41)27(30)39)42-22-14-20(3-1-18-5-9-33-10-6-18)13-21(15-22)4-2-19-7-11-34-12-8-19/h5-15,23-32,35-41H,16-17H2/t23-,24-,25+,26+,27-,28-,29-,30-,31-,32+/m1/s1. The van der Waals surface area contributed by atoms with E-state index < -0.39 is 74.6 Å². The third-order valence-electron chi connectivity index (χ3n) is 7.18. The van der Waals surface area contributed by atoms with Gasteiger partial charge in [-0.05, 0) is 42.5 Å². The van der Waals surface area contributed by atoms with Crippen LogP contribution < -0.4 is 4.74 Å². The van der Waals surface area contributed by atoms with Crippen LogP contribution in [0.15, 0.2) is 67.3 Å². The van der Waals surface area contributed by atoms with Crippen LogP contribution in [0, 0.1) is 23.7 Å². The Morgan fingerprint density at radius 2 is 1.07 bits per heavy atom. The summed E-state index contributed by atoms with van der Waals surface area (Å²) in [5, 5.41) is 71.9. The van der Waals surface area contributed by atoms with Gasteiger partial charge in [0.05, 0.1) is 13.2 Å². The average Bonchev–Trinajstić information content (AvgIpc) is 3.07. The molecule has 2 aromatic heterocycles. The monoisotopic (exact) mass is 620 g/mol. The second kappa shape index (κ2) is 14.9. The maximum Gasteiger partial charge on any atom is 0.229 e. The summed E-state index contributed by atoms with van der Waals surface area (Å²) in [6, 6.07) is 12.0. The highest BCUT2D eigenvalue weighted by Gasteiger charge is 2.51. The quantitative estimate of drug-likeness (QED) is 0.154. The minimum atomic E-state index is -1.77. The Morgan fingerprint density at radius 1 is 0.578 bits per heavy atom. The lowest BCUT2D eigenvalue weighted by Gasteiger charge is -2.45. The molecule has 4 heterocycles. The van der Waals surface area contributed by atoms with Gasteiger partial charge in [0.1, 0.15) is 54.6 Å². The van der Waals surface area contributed by atoms with Crippen LogP contribution in [0.2, 0.25) is 0 Å². The van der Waals surface area contributed by atoms with Gasteiger partial charge in [0.15, 0.2) is 6.29 Å². The molecule has 1 aromatic carbocycles. The van der Waals surface area contributed by atoms with Crippen LogP contribution in [-0.2, 0) is 14.2 Å². The summed E-state index contributed by atoms with van der Waals surface area (Å²) in [5.41, 5.74) is 2.51. The van der Waals surface area contributed by atoms with Crippen LogP contribution in [-0.4, -0.2) is 120 Å². The lowest BCUT2D eigenvalue weighted by Crippen LogP contribution is -2.65. The average molecular weight is 621 g/mol. The number of rotatable bonds is 6. The van der Waals surface area contributed by atoms with Crippen LogP contribution in [0.3, 0.4) is 0 Å². The Morgan fingerprint density at radius 3 is 1.60 bits per heavy atom. The molecule has 0 amide bonds. The van der Waals surface area contributed by atoms with Gasteiger partial charge >= 0.3 is 0 Å². The number of hydrogen-bond donors (Lipinski definition) is 7. The van der Waals surface area contributed by atoms with E-state index in [2.05, 4.69) is 33.6 Å². The van der Waals surface area contributed by atoms with E-state index in [0.717, 1.165) is 11.1 Å². The highest BCUT2D eigenvalue weighted by atomic mass is 16.7. The Balaban J connectivity index is 1.37. The molecule has 0 saturated carbocycles. The molecule has 10 atom stereocenters. The fourth-order valence-corrected chi connectivity index (χ4v) is 4.76. The first-order valence-electron chi connectivity index (χ1n) is 14.0. The number of nitrogens with zero attached hydrogens (tertiary/aromatic N) is 2. The van der Waals surface area contributed by atoms with Crippen molar-refractivity contribution in [3.8, 4) is 29.4 Å². The zero-order valence-corrected chi connectivity index (χ0v) is 23.7. The summed E-state index contributed by atoms with van der Waals surface area (Å²) >= 11 is 0. The van der Waals surface area contributed by atoms with Gasteiger partial charge in [-0.3, -0.25) is 9.97 Å². The second-order valence-corrected chi connectivity index (χ2v) is 10.3. The van der Waals surface area contributed by atoms with Crippen molar-refractivity contribution in [3.63, 3.8) is 0 Å². The second-order valence-electron chi connectivity index (χ2n) is 10.3. The molecule has 236 valence electrons. The molecule has 2 aliphatic heterocycles. The Hall–Kier alpha value is -3.96. The van der Waals surface area contributed by atoms with Crippen LogP contribution in [0.4, 0.5) is 0 Å². The summed E-state index contributed by atoms with van der Waals surface area (Å²) < 4.78 is 22.7. The molecule has 2 aliphatic rings. The molecule has 7 N–H and O–H groups in total. The van der Waals surface area contributed by atoms with Gasteiger partial charge in [0.25, 0.3) is 0 Å². The zero-order chi connectivity index (χ0) is 31.9. The number of benzene rings is 1. The fraction of sp³-hybridized carbons (Fsp3) is 0.375. The van der Waals surface area contributed by atoms with Crippen molar-refractivity contribution in [2.45, 2.75) is 61.4 Å². The van der Waals surface area contributed by atoms with Gasteiger partial charge in [-0.1, -0.05) is 23.7 Å². The van der Waals surface area contributed by atoms with Crippen LogP contribution >= 0.6 is 0 Å². The normalized spacial score (nSPS) is 31.2. The van der Waals surface area contributed by atoms with Gasteiger partial charge in [-0.2, -0.15) is 0 Å². The van der Waals surface area contributed by atoms with Gasteiger partial charge in [-0.25, -0.2) is 0 Å². The van der Waals surface area contributed by atoms with E-state index in [1.54, 1.807) is 67.3 Å². The first kappa shape index (κ1) is 32.4. The van der Waals surface area contributed by atoms with Crippen molar-refractivity contribution >= 4 is 0 Å². The number of hydrogen-bond acceptors (Lipinski definition) is 13. The maximum absolute atomic E-state index is 11.0. The minimum absolute atomic E-state index is 0.191. The molecule has 0 radical (unpaired) electrons. The van der Waals surface area contributed by atoms with Gasteiger partial charge in [0.2, 0.25) is 6.29 Å². The van der Waals surface area contributed by atoms with Crippen molar-refractivity contribution in [1.82, 2.24) is 9.97 Å². The molecule has 13 nitrogen and oxygen atoms in total. The molecule has 2 saturated heterocycles. The molecule has 0 aliphatic carbocycles. The lowest BCUT2D eigenvalue weighted by atomic mass is 9.97. The van der Waals surface area contributed by atoms with E-state index in [1.807, 2.05) is 0 Å². The summed E-state index contributed by atoms with van der Waals surface area (Å²) in [6.45, 7) is -1.40. The fourth-order valence-electron chi connectivity index (χ4n) is 4.76. The van der Waals surface area contributed by atoms with E-state index in [-0.39, 0.29) is 5.75 Å². The third-order valence-corrected chi connectivity index (χ3v) is 7.18. The Kier molecular flexibility index (Phi) is 10.7. The molecule has 0 unspecified atom stereocenters. The van der Waals surface area contributed by atoms with E-state index in [4.69, 9.17) is 18.9 Å². The lowest BCUT2D eigenvalue weighted by molar-refractivity contribution is -0.352. The van der Waals surface area contributed by atoms with E-state index in [9.17, 15) is 35.7 Å². The third kappa shape index (κ3) is 7.83. The number of ether oxygens (including phenoxy) is 4. The van der Waals surface area contributed by atoms with Gasteiger partial charge < -0.3 is 54.7 Å². The van der Waals surface area contributed by atoms with Crippen LogP contribution in [0.5, 0.6) is 5.75 Å². The first-order valence-corrected chi connectivity index (χ1v) is 14.0. The topological polar surface area (TPSA) is 204 Å². The number of pyridine rings is 2. The summed E-state index contributed by atoms with van der Waals surface area (Å²) in [7, 11) is 0. The molecule has 0 spiro atoms. The Labute approximate surface area is 258 Å². The number of aromatic nitrogens is 2. The van der Waals surface area contributed by atoms with Crippen molar-refractivity contribution in [3.05, 3.63) is 89.5 Å². The molecule has 3 aromatic rings. The van der Waals surface area contributed by atoms with E-state index in [0.29, 0.717) is 11.1 Å². The molecule has 45 heavy (non-hydrogen) atoms. The molecular weight excluding hydrogens is 588 g/mol. The minimum Gasteiger partial charge on any atom is -0.462 e. The molecular formula is C32H32N2O11. The van der Waals surface area contributed by atoms with E-state index in [1.165, 1.54) is 0 Å². The molecule has 0 bridgehead atoms. The largest absolute Gasteiger partial charge is 0.462 e. The highest BCUT2D eigenvalue weighted by Crippen LogP contribution is 2.30. The van der Waals surface area contributed by atoms with Crippen molar-refractivity contribution in [1.29, 1.82) is 0 Å². The van der Waals surface area contributed by atoms with Crippen LogP contribution in [0.25, 0.3) is 0 Å². The summed E-state index contributed by atoms with van der Waals surface area (Å²) in [4.78, 5) is 7.96. The van der Waals surface area contributed by atoms with Crippen LogP contribution in [0.1, 0.15) is 22.3 Å². The molecule has 5 rings (SSSR count). The molecule has 13 heteroatoms. The highest BCUT2D eigenvalue weighted by molar-refractivity contribution is 5.52. The van der Waals surface area contributed by atoms with Gasteiger partial charge in [-0.15, -0.1) is 0 Å². The molecule has 2 fully saturated rings. The first-order chi connectivity index (χ1) is 21.8. The zero-order valence-electron chi connectivity index (χ0n) is 23.7. The van der Waals surface area contributed by atoms with Crippen molar-refractivity contribution in [2.24, 2.45) is 0 Å². The predicted octanol–water partition coefficient (Wildman–Crippen LogP) is -1.72. The summed E-state index contributed by atoms with van der Waals surface area (Å²) in [5.74, 6) is 12.4. The predicted molar refractivity (Wildman–Crippen MR) is 154 cm³/mol. The number of aliphatic hydroxyl groups is 7.